The molecule has 4 nitrogen and oxygen atoms in total. The largest absolute Gasteiger partial charge is 0.378 e. The van der Waals surface area contributed by atoms with Crippen molar-refractivity contribution in [3.63, 3.8) is 0 Å². The van der Waals surface area contributed by atoms with Crippen molar-refractivity contribution in [3.8, 4) is 11.1 Å². The number of hydrogen-bond acceptors (Lipinski definition) is 3. The Kier molecular flexibility index (Phi) is 3.67. The monoisotopic (exact) mass is 331 g/mol. The van der Waals surface area contributed by atoms with Crippen molar-refractivity contribution in [2.75, 3.05) is 31.2 Å². The molecule has 6 heteroatoms. The second kappa shape index (κ2) is 5.83. The lowest BCUT2D eigenvalue weighted by Crippen LogP contribution is -2.36. The van der Waals surface area contributed by atoms with Crippen molar-refractivity contribution in [3.05, 3.63) is 47.5 Å². The Hall–Kier alpha value is -2.11. The molecule has 1 saturated heterocycles. The Bertz CT molecular complexity index is 858. The number of hydrogen-bond donors (Lipinski definition) is 1. The van der Waals surface area contributed by atoms with Crippen LogP contribution in [0.4, 0.5) is 10.1 Å². The summed E-state index contributed by atoms with van der Waals surface area (Å²) in [4.78, 5) is 9.74. The van der Waals surface area contributed by atoms with Crippen LogP contribution in [0.15, 0.2) is 36.7 Å². The van der Waals surface area contributed by atoms with Gasteiger partial charge in [-0.3, -0.25) is 0 Å². The minimum Gasteiger partial charge on any atom is -0.378 e. The van der Waals surface area contributed by atoms with Gasteiger partial charge in [0, 0.05) is 42.0 Å². The number of ether oxygens (including phenoxy) is 1. The van der Waals surface area contributed by atoms with E-state index in [1.54, 1.807) is 30.6 Å². The molecule has 0 radical (unpaired) electrons. The van der Waals surface area contributed by atoms with Crippen molar-refractivity contribution in [2.45, 2.75) is 0 Å². The van der Waals surface area contributed by atoms with E-state index in [-0.39, 0.29) is 5.02 Å². The first-order chi connectivity index (χ1) is 11.3. The Labute approximate surface area is 137 Å². The average molecular weight is 332 g/mol. The highest BCUT2D eigenvalue weighted by molar-refractivity contribution is 6.31. The molecule has 23 heavy (non-hydrogen) atoms. The van der Waals surface area contributed by atoms with Gasteiger partial charge < -0.3 is 14.6 Å². The number of benzene rings is 1. The number of halogens is 2. The molecule has 0 unspecified atom stereocenters. The smallest absolute Gasteiger partial charge is 0.149 e. The molecular weight excluding hydrogens is 317 g/mol. The van der Waals surface area contributed by atoms with Crippen LogP contribution >= 0.6 is 11.6 Å². The van der Waals surface area contributed by atoms with Crippen LogP contribution in [-0.4, -0.2) is 36.3 Å². The molecule has 3 aromatic rings. The normalized spacial score (nSPS) is 15.3. The van der Waals surface area contributed by atoms with Gasteiger partial charge in [0.2, 0.25) is 0 Å². The third-order valence-electron chi connectivity index (χ3n) is 4.15. The molecule has 118 valence electrons. The maximum Gasteiger partial charge on any atom is 0.149 e. The fourth-order valence-corrected chi connectivity index (χ4v) is 3.21. The van der Waals surface area contributed by atoms with Crippen molar-refractivity contribution in [2.24, 2.45) is 0 Å². The van der Waals surface area contributed by atoms with Gasteiger partial charge >= 0.3 is 0 Å². The van der Waals surface area contributed by atoms with E-state index in [0.717, 1.165) is 35.4 Å². The summed E-state index contributed by atoms with van der Waals surface area (Å²) in [5, 5.41) is 1.03. The van der Waals surface area contributed by atoms with Gasteiger partial charge in [-0.25, -0.2) is 9.37 Å². The van der Waals surface area contributed by atoms with Gasteiger partial charge in [0.05, 0.1) is 23.9 Å². The molecule has 1 aliphatic heterocycles. The first kappa shape index (κ1) is 14.5. The Morgan fingerprint density at radius 2 is 2.00 bits per heavy atom. The van der Waals surface area contributed by atoms with E-state index in [0.29, 0.717) is 18.8 Å². The Balaban J connectivity index is 1.92. The van der Waals surface area contributed by atoms with Crippen molar-refractivity contribution in [1.29, 1.82) is 0 Å². The number of aromatic amines is 1. The summed E-state index contributed by atoms with van der Waals surface area (Å²) in [5.41, 5.74) is 3.03. The van der Waals surface area contributed by atoms with Crippen molar-refractivity contribution >= 4 is 28.3 Å². The topological polar surface area (TPSA) is 41.2 Å². The third-order valence-corrected chi connectivity index (χ3v) is 4.44. The number of rotatable bonds is 2. The molecule has 0 saturated carbocycles. The minimum atomic E-state index is -0.410. The second-order valence-electron chi connectivity index (χ2n) is 5.46. The highest BCUT2D eigenvalue weighted by atomic mass is 35.5. The van der Waals surface area contributed by atoms with Gasteiger partial charge in [-0.1, -0.05) is 23.7 Å². The zero-order valence-corrected chi connectivity index (χ0v) is 13.1. The van der Waals surface area contributed by atoms with Crippen LogP contribution < -0.4 is 4.90 Å². The third kappa shape index (κ3) is 2.46. The fourth-order valence-electron chi connectivity index (χ4n) is 3.03. The number of morpholine rings is 1. The lowest BCUT2D eigenvalue weighted by Gasteiger charge is -2.29. The van der Waals surface area contributed by atoms with E-state index in [4.69, 9.17) is 16.3 Å². The number of pyridine rings is 1. The van der Waals surface area contributed by atoms with E-state index >= 15 is 0 Å². The Morgan fingerprint density at radius 1 is 1.17 bits per heavy atom. The summed E-state index contributed by atoms with van der Waals surface area (Å²) in [7, 11) is 0. The quantitative estimate of drug-likeness (QED) is 0.775. The van der Waals surface area contributed by atoms with Crippen LogP contribution in [0.1, 0.15) is 0 Å². The number of aromatic nitrogens is 2. The number of anilines is 1. The minimum absolute atomic E-state index is 0.119. The molecule has 1 aromatic carbocycles. The molecule has 1 fully saturated rings. The lowest BCUT2D eigenvalue weighted by atomic mass is 10.0. The second-order valence-corrected chi connectivity index (χ2v) is 5.86. The van der Waals surface area contributed by atoms with Crippen LogP contribution in [0.2, 0.25) is 5.02 Å². The van der Waals surface area contributed by atoms with Crippen LogP contribution in [0.5, 0.6) is 0 Å². The van der Waals surface area contributed by atoms with Gasteiger partial charge in [0.1, 0.15) is 11.5 Å². The van der Waals surface area contributed by atoms with Crippen LogP contribution in [-0.2, 0) is 4.74 Å². The molecule has 2 aromatic heterocycles. The molecule has 0 spiro atoms. The number of nitrogens with one attached hydrogen (secondary N) is 1. The summed E-state index contributed by atoms with van der Waals surface area (Å²) >= 11 is 5.94. The van der Waals surface area contributed by atoms with Gasteiger partial charge in [-0.2, -0.15) is 0 Å². The summed E-state index contributed by atoms with van der Waals surface area (Å²) < 4.78 is 19.9. The van der Waals surface area contributed by atoms with Crippen molar-refractivity contribution in [1.82, 2.24) is 9.97 Å². The molecule has 0 aliphatic carbocycles. The molecule has 3 heterocycles. The first-order valence-electron chi connectivity index (χ1n) is 7.49. The van der Waals surface area contributed by atoms with Gasteiger partial charge in [-0.15, -0.1) is 0 Å². The molecule has 0 amide bonds. The molecule has 0 atom stereocenters. The van der Waals surface area contributed by atoms with Gasteiger partial charge in [0.25, 0.3) is 0 Å². The van der Waals surface area contributed by atoms with E-state index in [9.17, 15) is 4.39 Å². The van der Waals surface area contributed by atoms with Crippen LogP contribution in [0, 0.1) is 5.82 Å². The molecule has 4 rings (SSSR count). The summed E-state index contributed by atoms with van der Waals surface area (Å²) in [6.07, 6.45) is 3.55. The molecule has 1 N–H and O–H groups in total. The highest BCUT2D eigenvalue weighted by Gasteiger charge is 2.20. The first-order valence-corrected chi connectivity index (χ1v) is 7.86. The van der Waals surface area contributed by atoms with Gasteiger partial charge in [-0.05, 0) is 12.1 Å². The predicted molar refractivity (Wildman–Crippen MR) is 89.5 cm³/mol. The highest BCUT2D eigenvalue weighted by Crippen LogP contribution is 2.37. The molecule has 1 aliphatic rings. The van der Waals surface area contributed by atoms with E-state index in [1.807, 2.05) is 6.07 Å². The van der Waals surface area contributed by atoms with Gasteiger partial charge in [0.15, 0.2) is 0 Å². The van der Waals surface area contributed by atoms with E-state index in [2.05, 4.69) is 14.9 Å². The number of fused-ring (bicyclic) bond motifs is 1. The summed E-state index contributed by atoms with van der Waals surface area (Å²) in [6.45, 7) is 2.99. The average Bonchev–Trinajstić information content (AvgIpc) is 3.02. The predicted octanol–water partition coefficient (Wildman–Crippen LogP) is 3.86. The van der Waals surface area contributed by atoms with Crippen molar-refractivity contribution < 1.29 is 9.13 Å². The molecular formula is C17H15ClFN3O. The Morgan fingerprint density at radius 3 is 2.83 bits per heavy atom. The maximum absolute atomic E-state index is 14.5. The zero-order chi connectivity index (χ0) is 15.8. The van der Waals surface area contributed by atoms with E-state index in [1.165, 1.54) is 0 Å². The number of nitrogens with zero attached hydrogens (tertiary/aromatic N) is 2. The number of H-pyrrole nitrogens is 1. The summed E-state index contributed by atoms with van der Waals surface area (Å²) in [6, 6.07) is 7.01. The zero-order valence-electron chi connectivity index (χ0n) is 12.4. The van der Waals surface area contributed by atoms with Crippen LogP contribution in [0.25, 0.3) is 22.2 Å². The fraction of sp³-hybridized carbons (Fsp3) is 0.235. The SMILES string of the molecule is Fc1c(Cl)cccc1-c1c[nH]c2nccc(N3CCOCC3)c12. The van der Waals surface area contributed by atoms with Crippen LogP contribution in [0.3, 0.4) is 0 Å². The molecule has 0 bridgehead atoms. The standard InChI is InChI=1S/C17H15ClFN3O/c18-13-3-1-2-11(16(13)19)12-10-21-17-15(12)14(4-5-20-17)22-6-8-23-9-7-22/h1-5,10H,6-9H2,(H,20,21). The van der Waals surface area contributed by atoms with E-state index < -0.39 is 5.82 Å². The lowest BCUT2D eigenvalue weighted by molar-refractivity contribution is 0.123. The summed E-state index contributed by atoms with van der Waals surface area (Å²) in [5.74, 6) is -0.410. The maximum atomic E-state index is 14.5.